The summed E-state index contributed by atoms with van der Waals surface area (Å²) in [4.78, 5) is 29.5. The maximum atomic E-state index is 13.6. The molecule has 1 saturated heterocycles. The van der Waals surface area contributed by atoms with E-state index in [1.54, 1.807) is 35.9 Å². The second kappa shape index (κ2) is 11.8. The van der Waals surface area contributed by atoms with Crippen molar-refractivity contribution in [2.75, 3.05) is 38.2 Å². The standard InChI is InChI=1S/C30H30ClN7O3/c1-3-38-28-22(16-25(29(38)39)24-9-6-21(17-26(24)31)27-33-19(2)41-36-27)18-32-30(35-28)34-23-7-4-20(5-8-23)10-11-37-12-14-40-15-13-37/h4-9,16-18H,3,10-15H2,1-2H3,(H,32,34,35). The van der Waals surface area contributed by atoms with E-state index in [1.807, 2.05) is 25.1 Å². The van der Waals surface area contributed by atoms with E-state index in [2.05, 4.69) is 37.5 Å². The van der Waals surface area contributed by atoms with Gasteiger partial charge in [0.2, 0.25) is 17.7 Å². The van der Waals surface area contributed by atoms with Crippen molar-refractivity contribution in [3.63, 3.8) is 0 Å². The fourth-order valence-corrected chi connectivity index (χ4v) is 5.27. The molecule has 5 aromatic rings. The van der Waals surface area contributed by atoms with Gasteiger partial charge in [-0.3, -0.25) is 14.3 Å². The summed E-state index contributed by atoms with van der Waals surface area (Å²) in [5, 5.41) is 8.37. The summed E-state index contributed by atoms with van der Waals surface area (Å²) < 4.78 is 12.1. The Morgan fingerprint density at radius 2 is 1.83 bits per heavy atom. The highest BCUT2D eigenvalue weighted by Crippen LogP contribution is 2.31. The number of fused-ring (bicyclic) bond motifs is 1. The van der Waals surface area contributed by atoms with Gasteiger partial charge in [0.05, 0.1) is 13.2 Å². The molecule has 10 nitrogen and oxygen atoms in total. The summed E-state index contributed by atoms with van der Waals surface area (Å²) in [6.07, 6.45) is 2.71. The van der Waals surface area contributed by atoms with Crippen LogP contribution in [0, 0.1) is 6.92 Å². The Hall–Kier alpha value is -4.12. The molecule has 0 bridgehead atoms. The number of aryl methyl sites for hydroxylation is 2. The van der Waals surface area contributed by atoms with E-state index in [0.29, 0.717) is 51.6 Å². The van der Waals surface area contributed by atoms with Gasteiger partial charge in [0.15, 0.2) is 0 Å². The van der Waals surface area contributed by atoms with Crippen LogP contribution >= 0.6 is 11.6 Å². The maximum absolute atomic E-state index is 13.6. The number of benzene rings is 2. The lowest BCUT2D eigenvalue weighted by molar-refractivity contribution is 0.0384. The van der Waals surface area contributed by atoms with Crippen molar-refractivity contribution in [1.82, 2.24) is 29.6 Å². The van der Waals surface area contributed by atoms with Gasteiger partial charge in [0.1, 0.15) is 5.65 Å². The van der Waals surface area contributed by atoms with Gasteiger partial charge in [-0.1, -0.05) is 41.0 Å². The van der Waals surface area contributed by atoms with E-state index >= 15 is 0 Å². The number of hydrogen-bond acceptors (Lipinski definition) is 9. The number of rotatable bonds is 8. The van der Waals surface area contributed by atoms with Crippen LogP contribution in [0.5, 0.6) is 0 Å². The fourth-order valence-electron chi connectivity index (χ4n) is 4.99. The maximum Gasteiger partial charge on any atom is 0.260 e. The number of ether oxygens (including phenoxy) is 1. The molecule has 210 valence electrons. The zero-order valence-corrected chi connectivity index (χ0v) is 23.7. The van der Waals surface area contributed by atoms with Crippen molar-refractivity contribution in [3.8, 4) is 22.5 Å². The summed E-state index contributed by atoms with van der Waals surface area (Å²) in [7, 11) is 0. The van der Waals surface area contributed by atoms with Gasteiger partial charge in [0, 0.05) is 72.1 Å². The minimum absolute atomic E-state index is 0.181. The Morgan fingerprint density at radius 3 is 2.54 bits per heavy atom. The fraction of sp³-hybridized carbons (Fsp3) is 0.300. The number of anilines is 2. The van der Waals surface area contributed by atoms with Gasteiger partial charge in [-0.2, -0.15) is 9.97 Å². The van der Waals surface area contributed by atoms with E-state index in [0.717, 1.165) is 50.3 Å². The van der Waals surface area contributed by atoms with Gasteiger partial charge in [-0.15, -0.1) is 0 Å². The number of morpholine rings is 1. The number of hydrogen-bond donors (Lipinski definition) is 1. The average Bonchev–Trinajstić information content (AvgIpc) is 3.43. The lowest BCUT2D eigenvalue weighted by Gasteiger charge is -2.26. The molecule has 0 saturated carbocycles. The Balaban J connectivity index is 1.23. The van der Waals surface area contributed by atoms with E-state index in [1.165, 1.54) is 5.56 Å². The summed E-state index contributed by atoms with van der Waals surface area (Å²) in [5.41, 5.74) is 4.31. The predicted molar refractivity (Wildman–Crippen MR) is 159 cm³/mol. The highest BCUT2D eigenvalue weighted by atomic mass is 35.5. The molecule has 41 heavy (non-hydrogen) atoms. The Bertz CT molecular complexity index is 1740. The number of nitrogens with one attached hydrogen (secondary N) is 1. The van der Waals surface area contributed by atoms with Crippen LogP contribution in [0.3, 0.4) is 0 Å². The summed E-state index contributed by atoms with van der Waals surface area (Å²) in [6, 6.07) is 15.4. The van der Waals surface area contributed by atoms with Crippen LogP contribution in [0.1, 0.15) is 18.4 Å². The highest BCUT2D eigenvalue weighted by Gasteiger charge is 2.17. The molecule has 2 aromatic carbocycles. The molecular formula is C30H30ClN7O3. The molecule has 11 heteroatoms. The first-order valence-electron chi connectivity index (χ1n) is 13.7. The van der Waals surface area contributed by atoms with Crippen LogP contribution in [-0.4, -0.2) is 62.4 Å². The second-order valence-corrected chi connectivity index (χ2v) is 10.3. The molecule has 0 radical (unpaired) electrons. The zero-order valence-electron chi connectivity index (χ0n) is 22.9. The zero-order chi connectivity index (χ0) is 28.3. The third-order valence-electron chi connectivity index (χ3n) is 7.22. The van der Waals surface area contributed by atoms with Crippen LogP contribution in [-0.2, 0) is 17.7 Å². The van der Waals surface area contributed by atoms with E-state index < -0.39 is 0 Å². The van der Waals surface area contributed by atoms with Gasteiger partial charge in [0.25, 0.3) is 5.56 Å². The van der Waals surface area contributed by atoms with Gasteiger partial charge in [-0.05, 0) is 43.2 Å². The third-order valence-corrected chi connectivity index (χ3v) is 7.53. The molecule has 0 atom stereocenters. The van der Waals surface area contributed by atoms with Crippen LogP contribution < -0.4 is 10.9 Å². The number of halogens is 1. The van der Waals surface area contributed by atoms with Gasteiger partial charge < -0.3 is 14.6 Å². The summed E-state index contributed by atoms with van der Waals surface area (Å²) in [6.45, 7) is 8.70. The monoisotopic (exact) mass is 571 g/mol. The topological polar surface area (TPSA) is 111 Å². The first-order chi connectivity index (χ1) is 20.0. The molecule has 4 heterocycles. The molecule has 0 amide bonds. The molecule has 3 aromatic heterocycles. The largest absolute Gasteiger partial charge is 0.379 e. The average molecular weight is 572 g/mol. The molecule has 1 fully saturated rings. The molecule has 1 N–H and O–H groups in total. The lowest BCUT2D eigenvalue weighted by atomic mass is 10.0. The third kappa shape index (κ3) is 5.85. The first kappa shape index (κ1) is 27.1. The quantitative estimate of drug-likeness (QED) is 0.271. The van der Waals surface area contributed by atoms with E-state index in [4.69, 9.17) is 25.8 Å². The highest BCUT2D eigenvalue weighted by molar-refractivity contribution is 6.33. The van der Waals surface area contributed by atoms with Crippen molar-refractivity contribution < 1.29 is 9.26 Å². The molecule has 0 spiro atoms. The molecular weight excluding hydrogens is 542 g/mol. The lowest BCUT2D eigenvalue weighted by Crippen LogP contribution is -2.37. The van der Waals surface area contributed by atoms with Crippen LogP contribution in [0.15, 0.2) is 64.0 Å². The molecule has 0 unspecified atom stereocenters. The van der Waals surface area contributed by atoms with Crippen molar-refractivity contribution in [3.05, 3.63) is 81.6 Å². The van der Waals surface area contributed by atoms with Gasteiger partial charge in [-0.25, -0.2) is 4.98 Å². The number of aromatic nitrogens is 5. The van der Waals surface area contributed by atoms with Gasteiger partial charge >= 0.3 is 0 Å². The molecule has 1 aliphatic heterocycles. The minimum atomic E-state index is -0.181. The predicted octanol–water partition coefficient (Wildman–Crippen LogP) is 5.11. The minimum Gasteiger partial charge on any atom is -0.379 e. The Kier molecular flexibility index (Phi) is 7.78. The van der Waals surface area contributed by atoms with Crippen molar-refractivity contribution in [1.29, 1.82) is 0 Å². The summed E-state index contributed by atoms with van der Waals surface area (Å²) >= 11 is 6.64. The second-order valence-electron chi connectivity index (χ2n) is 9.94. The van der Waals surface area contributed by atoms with Crippen molar-refractivity contribution in [2.24, 2.45) is 0 Å². The van der Waals surface area contributed by atoms with Crippen LogP contribution in [0.2, 0.25) is 5.02 Å². The smallest absolute Gasteiger partial charge is 0.260 e. The van der Waals surface area contributed by atoms with E-state index in [9.17, 15) is 4.79 Å². The van der Waals surface area contributed by atoms with Crippen LogP contribution in [0.4, 0.5) is 11.6 Å². The Labute approximate surface area is 242 Å². The molecule has 0 aliphatic carbocycles. The summed E-state index contributed by atoms with van der Waals surface area (Å²) in [5.74, 6) is 1.33. The Morgan fingerprint density at radius 1 is 1.02 bits per heavy atom. The van der Waals surface area contributed by atoms with Crippen molar-refractivity contribution in [2.45, 2.75) is 26.8 Å². The number of pyridine rings is 1. The molecule has 1 aliphatic rings. The van der Waals surface area contributed by atoms with Crippen molar-refractivity contribution >= 4 is 34.3 Å². The first-order valence-corrected chi connectivity index (χ1v) is 14.0. The number of nitrogens with zero attached hydrogens (tertiary/aromatic N) is 6. The molecule has 6 rings (SSSR count). The normalized spacial score (nSPS) is 14.0. The SMILES string of the molecule is CCn1c(=O)c(-c2ccc(-c3noc(C)n3)cc2Cl)cc2cnc(Nc3ccc(CCN4CCOCC4)cc3)nc21. The van der Waals surface area contributed by atoms with E-state index in [-0.39, 0.29) is 5.56 Å². The van der Waals surface area contributed by atoms with Crippen LogP contribution in [0.25, 0.3) is 33.5 Å².